The molecule has 0 atom stereocenters. The van der Waals surface area contributed by atoms with E-state index in [1.165, 1.54) is 0 Å². The Kier molecular flexibility index (Phi) is 3.00. The van der Waals surface area contributed by atoms with Crippen LogP contribution in [0.25, 0.3) is 0 Å². The fraction of sp³-hybridized carbons (Fsp3) is 1.00. The minimum atomic E-state index is 0.0623. The van der Waals surface area contributed by atoms with Crippen LogP contribution in [0, 0.1) is 0 Å². The molecular formula is C3H9N3O. The molecule has 0 heterocycles. The van der Waals surface area contributed by atoms with Crippen LogP contribution in [0.4, 0.5) is 0 Å². The summed E-state index contributed by atoms with van der Waals surface area (Å²) in [5.74, 6) is 4.61. The molecule has 0 aromatic rings. The van der Waals surface area contributed by atoms with Crippen LogP contribution in [-0.4, -0.2) is 6.10 Å². The Bertz CT molecular complexity index is 61.2. The molecule has 2 N–H and O–H groups in total. The van der Waals surface area contributed by atoms with Gasteiger partial charge in [-0.3, -0.25) is 0 Å². The van der Waals surface area contributed by atoms with Crippen LogP contribution in [-0.2, 0) is 4.84 Å². The molecule has 0 fully saturated rings. The summed E-state index contributed by atoms with van der Waals surface area (Å²) in [6.07, 6.45) is 0.0623. The largest absolute Gasteiger partial charge is 0.375 e. The maximum atomic E-state index is 4.61. The molecule has 0 spiro atoms. The van der Waals surface area contributed by atoms with Crippen LogP contribution in [0.2, 0.25) is 0 Å². The van der Waals surface area contributed by atoms with Crippen molar-refractivity contribution in [3.05, 3.63) is 0 Å². The van der Waals surface area contributed by atoms with E-state index in [0.717, 1.165) is 0 Å². The summed E-state index contributed by atoms with van der Waals surface area (Å²) in [5, 5.41) is 5.95. The van der Waals surface area contributed by atoms with E-state index in [4.69, 9.17) is 0 Å². The van der Waals surface area contributed by atoms with Gasteiger partial charge in [0.05, 0.1) is 0 Å². The first-order chi connectivity index (χ1) is 3.27. The van der Waals surface area contributed by atoms with E-state index in [9.17, 15) is 0 Å². The maximum absolute atomic E-state index is 4.61. The van der Waals surface area contributed by atoms with Gasteiger partial charge >= 0.3 is 0 Å². The molecule has 0 amide bonds. The molecule has 0 saturated carbocycles. The summed E-state index contributed by atoms with van der Waals surface area (Å²) >= 11 is 0. The number of rotatable bonds is 2. The standard InChI is InChI=1S/C3H9N3O/c1-3(2)7-6-5-4/h3H,1-2H3,(H2,4,6). The van der Waals surface area contributed by atoms with Gasteiger partial charge in [-0.15, -0.1) is 0 Å². The van der Waals surface area contributed by atoms with E-state index < -0.39 is 0 Å². The van der Waals surface area contributed by atoms with Gasteiger partial charge in [0.25, 0.3) is 0 Å². The molecule has 0 radical (unpaired) electrons. The summed E-state index contributed by atoms with van der Waals surface area (Å²) in [4.78, 5) is 4.52. The summed E-state index contributed by atoms with van der Waals surface area (Å²) in [7, 11) is 0. The molecule has 7 heavy (non-hydrogen) atoms. The zero-order chi connectivity index (χ0) is 5.70. The van der Waals surface area contributed by atoms with Crippen LogP contribution >= 0.6 is 0 Å². The Hall–Kier alpha value is -0.800. The predicted molar refractivity (Wildman–Crippen MR) is 25.3 cm³/mol. The fourth-order valence-corrected chi connectivity index (χ4v) is 0.121. The first kappa shape index (κ1) is 6.20. The number of hydrogen-bond donors (Lipinski definition) is 1. The van der Waals surface area contributed by atoms with Crippen molar-refractivity contribution in [3.63, 3.8) is 0 Å². The van der Waals surface area contributed by atoms with Crippen molar-refractivity contribution in [1.29, 1.82) is 0 Å². The van der Waals surface area contributed by atoms with Gasteiger partial charge in [-0.1, -0.05) is 0 Å². The smallest absolute Gasteiger partial charge is 0.123 e. The number of nitrogens with zero attached hydrogens (tertiary/aromatic N) is 2. The third-order valence-electron chi connectivity index (χ3n) is 0.305. The first-order valence-corrected chi connectivity index (χ1v) is 2.03. The lowest BCUT2D eigenvalue weighted by Gasteiger charge is -1.95. The third kappa shape index (κ3) is 5.20. The van der Waals surface area contributed by atoms with Crippen LogP contribution in [0.1, 0.15) is 13.8 Å². The van der Waals surface area contributed by atoms with Crippen molar-refractivity contribution in [2.75, 3.05) is 0 Å². The van der Waals surface area contributed by atoms with E-state index in [1.54, 1.807) is 0 Å². The quantitative estimate of drug-likeness (QED) is 0.317. The zero-order valence-electron chi connectivity index (χ0n) is 4.46. The van der Waals surface area contributed by atoms with E-state index in [0.29, 0.717) is 0 Å². The van der Waals surface area contributed by atoms with Gasteiger partial charge in [0.2, 0.25) is 0 Å². The van der Waals surface area contributed by atoms with Gasteiger partial charge in [-0.2, -0.15) is 0 Å². The summed E-state index contributed by atoms with van der Waals surface area (Å²) in [6, 6.07) is 0. The summed E-state index contributed by atoms with van der Waals surface area (Å²) < 4.78 is 0. The Morgan fingerprint density at radius 1 is 1.57 bits per heavy atom. The van der Waals surface area contributed by atoms with E-state index >= 15 is 0 Å². The second kappa shape index (κ2) is 3.39. The third-order valence-corrected chi connectivity index (χ3v) is 0.305. The van der Waals surface area contributed by atoms with E-state index in [-0.39, 0.29) is 6.10 Å². The molecule has 42 valence electrons. The average molecular weight is 103 g/mol. The predicted octanol–water partition coefficient (Wildman–Crippen LogP) is 0.652. The Morgan fingerprint density at radius 3 is 2.29 bits per heavy atom. The second-order valence-electron chi connectivity index (χ2n) is 1.35. The molecule has 0 aliphatic rings. The molecule has 0 unspecified atom stereocenters. The van der Waals surface area contributed by atoms with Crippen molar-refractivity contribution in [2.45, 2.75) is 20.0 Å². The molecular weight excluding hydrogens is 94.1 g/mol. The molecule has 0 aliphatic carbocycles. The molecule has 0 aliphatic heterocycles. The summed E-state index contributed by atoms with van der Waals surface area (Å²) in [6.45, 7) is 3.68. The topological polar surface area (TPSA) is 60.0 Å². The highest BCUT2D eigenvalue weighted by Crippen LogP contribution is 1.85. The van der Waals surface area contributed by atoms with Crippen LogP contribution in [0.3, 0.4) is 0 Å². The van der Waals surface area contributed by atoms with E-state index in [2.05, 4.69) is 21.2 Å². The lowest BCUT2D eigenvalue weighted by Crippen LogP contribution is -1.95. The van der Waals surface area contributed by atoms with Crippen molar-refractivity contribution in [3.8, 4) is 0 Å². The highest BCUT2D eigenvalue weighted by atomic mass is 16.7. The normalized spacial score (nSPS) is 10.7. The maximum Gasteiger partial charge on any atom is 0.123 e. The second-order valence-corrected chi connectivity index (χ2v) is 1.35. The number of hydrogen-bond acceptors (Lipinski definition) is 3. The van der Waals surface area contributed by atoms with Gasteiger partial charge in [0.15, 0.2) is 0 Å². The Labute approximate surface area is 42.3 Å². The van der Waals surface area contributed by atoms with Crippen molar-refractivity contribution in [1.82, 2.24) is 0 Å². The number of nitrogens with two attached hydrogens (primary N) is 1. The van der Waals surface area contributed by atoms with Gasteiger partial charge in [0.1, 0.15) is 6.10 Å². The summed E-state index contributed by atoms with van der Waals surface area (Å²) in [5.41, 5.74) is 0. The monoisotopic (exact) mass is 103 g/mol. The molecule has 4 heteroatoms. The Morgan fingerprint density at radius 2 is 2.14 bits per heavy atom. The lowest BCUT2D eigenvalue weighted by molar-refractivity contribution is 0.0671. The average Bonchev–Trinajstić information content (AvgIpc) is 1.61. The van der Waals surface area contributed by atoms with Gasteiger partial charge in [-0.05, 0) is 19.1 Å². The lowest BCUT2D eigenvalue weighted by atomic mass is 10.5. The highest BCUT2D eigenvalue weighted by molar-refractivity contribution is 4.27. The first-order valence-electron chi connectivity index (χ1n) is 2.03. The Balaban J connectivity index is 2.97. The van der Waals surface area contributed by atoms with Gasteiger partial charge < -0.3 is 10.7 Å². The van der Waals surface area contributed by atoms with Gasteiger partial charge in [-0.25, -0.2) is 0 Å². The minimum absolute atomic E-state index is 0.0623. The molecule has 0 rings (SSSR count). The molecule has 0 saturated heterocycles. The van der Waals surface area contributed by atoms with E-state index in [1.807, 2.05) is 13.8 Å². The molecule has 0 aromatic carbocycles. The van der Waals surface area contributed by atoms with Gasteiger partial charge in [0, 0.05) is 5.28 Å². The van der Waals surface area contributed by atoms with Crippen molar-refractivity contribution >= 4 is 0 Å². The van der Waals surface area contributed by atoms with Crippen molar-refractivity contribution in [2.24, 2.45) is 16.3 Å². The molecule has 0 bridgehead atoms. The van der Waals surface area contributed by atoms with Crippen molar-refractivity contribution < 1.29 is 4.84 Å². The minimum Gasteiger partial charge on any atom is -0.375 e. The molecule has 0 aromatic heterocycles. The fourth-order valence-electron chi connectivity index (χ4n) is 0.121. The zero-order valence-corrected chi connectivity index (χ0v) is 4.46. The molecule has 4 nitrogen and oxygen atoms in total. The highest BCUT2D eigenvalue weighted by Gasteiger charge is 1.85. The van der Waals surface area contributed by atoms with Crippen LogP contribution < -0.4 is 5.84 Å². The SMILES string of the molecule is CC(C)ON=NN. The van der Waals surface area contributed by atoms with Crippen LogP contribution in [0.15, 0.2) is 10.5 Å². The van der Waals surface area contributed by atoms with Crippen LogP contribution in [0.5, 0.6) is 0 Å².